The molecule has 1 aromatic heterocycles. The van der Waals surface area contributed by atoms with Gasteiger partial charge in [-0.2, -0.15) is 10.5 Å². The van der Waals surface area contributed by atoms with E-state index in [1.54, 1.807) is 25.2 Å². The van der Waals surface area contributed by atoms with Gasteiger partial charge in [-0.25, -0.2) is 4.99 Å². The maximum atomic E-state index is 13.5. The summed E-state index contributed by atoms with van der Waals surface area (Å²) in [6.45, 7) is 1.95. The minimum absolute atomic E-state index is 0.0950. The molecule has 7 heteroatoms. The van der Waals surface area contributed by atoms with Crippen LogP contribution in [0.5, 0.6) is 0 Å². The molecule has 0 bridgehead atoms. The summed E-state index contributed by atoms with van der Waals surface area (Å²) in [5.74, 6) is 0.208. The van der Waals surface area contributed by atoms with Crippen molar-refractivity contribution < 1.29 is 4.79 Å². The molecule has 0 radical (unpaired) electrons. The summed E-state index contributed by atoms with van der Waals surface area (Å²) in [6, 6.07) is 19.7. The second kappa shape index (κ2) is 8.13. The van der Waals surface area contributed by atoms with Gasteiger partial charge in [-0.3, -0.25) is 9.69 Å². The monoisotopic (exact) mass is 465 g/mol. The van der Waals surface area contributed by atoms with E-state index in [0.29, 0.717) is 17.0 Å². The third kappa shape index (κ3) is 3.65. The van der Waals surface area contributed by atoms with Crippen LogP contribution in [0.3, 0.4) is 0 Å². The van der Waals surface area contributed by atoms with Crippen molar-refractivity contribution in [3.63, 3.8) is 0 Å². The molecule has 2 heterocycles. The average Bonchev–Trinajstić information content (AvgIpc) is 3.57. The Morgan fingerprint density at radius 1 is 1.03 bits per heavy atom. The standard InChI is InChI=1S/C27H23N5OS/c1-27(23-12-22(15-34-23)21-10-16(13-28)9-17(11-21)14-29)24(25(33)32(2)26(30)31-27)20-7-5-19(6-8-20)18-3-4-18/h5-12,15,18,24H,3-4H2,1-2H3,(H2,30,31)/t24-,27+/m0/s1. The van der Waals surface area contributed by atoms with E-state index < -0.39 is 11.5 Å². The Labute approximate surface area is 202 Å². The zero-order chi connectivity index (χ0) is 24.0. The van der Waals surface area contributed by atoms with Gasteiger partial charge in [0.15, 0.2) is 5.96 Å². The number of hydrogen-bond acceptors (Lipinski definition) is 6. The molecule has 168 valence electrons. The number of carbonyl (C=O) groups excluding carboxylic acids is 1. The number of thiophene rings is 1. The lowest BCUT2D eigenvalue weighted by molar-refractivity contribution is -0.130. The Morgan fingerprint density at radius 3 is 2.24 bits per heavy atom. The molecule has 1 fully saturated rings. The highest BCUT2D eigenvalue weighted by Gasteiger charge is 2.48. The Bertz CT molecular complexity index is 1370. The number of nitrogens with two attached hydrogens (primary N) is 1. The predicted molar refractivity (Wildman–Crippen MR) is 132 cm³/mol. The van der Waals surface area contributed by atoms with Gasteiger partial charge in [0.2, 0.25) is 5.91 Å². The largest absolute Gasteiger partial charge is 0.369 e. The minimum atomic E-state index is -0.886. The van der Waals surface area contributed by atoms with Crippen LogP contribution in [0.4, 0.5) is 0 Å². The average molecular weight is 466 g/mol. The molecule has 1 aliphatic heterocycles. The van der Waals surface area contributed by atoms with E-state index in [2.05, 4.69) is 24.3 Å². The van der Waals surface area contributed by atoms with Crippen LogP contribution < -0.4 is 5.73 Å². The Morgan fingerprint density at radius 2 is 1.65 bits per heavy atom. The van der Waals surface area contributed by atoms with Crippen LogP contribution in [-0.2, 0) is 10.3 Å². The van der Waals surface area contributed by atoms with Crippen molar-refractivity contribution in [3.05, 3.63) is 81.0 Å². The van der Waals surface area contributed by atoms with E-state index in [-0.39, 0.29) is 11.9 Å². The zero-order valence-electron chi connectivity index (χ0n) is 18.9. The topological polar surface area (TPSA) is 106 Å². The molecule has 2 aromatic carbocycles. The Kier molecular flexibility index (Phi) is 5.23. The number of rotatable bonds is 4. The number of nitriles is 2. The maximum absolute atomic E-state index is 13.5. The van der Waals surface area contributed by atoms with Gasteiger partial charge in [0, 0.05) is 11.9 Å². The zero-order valence-corrected chi connectivity index (χ0v) is 19.8. The van der Waals surface area contributed by atoms with Gasteiger partial charge in [0.25, 0.3) is 0 Å². The highest BCUT2D eigenvalue weighted by Crippen LogP contribution is 2.48. The van der Waals surface area contributed by atoms with E-state index in [4.69, 9.17) is 10.7 Å². The van der Waals surface area contributed by atoms with Crippen LogP contribution in [0.15, 0.2) is 58.9 Å². The molecule has 3 aromatic rings. The molecule has 5 rings (SSSR count). The summed E-state index contributed by atoms with van der Waals surface area (Å²) in [5, 5.41) is 20.7. The first-order chi connectivity index (χ1) is 16.3. The Hall–Kier alpha value is -3.94. The lowest BCUT2D eigenvalue weighted by Crippen LogP contribution is -2.52. The summed E-state index contributed by atoms with van der Waals surface area (Å²) in [7, 11) is 1.66. The van der Waals surface area contributed by atoms with Crippen molar-refractivity contribution in [2.45, 2.75) is 37.1 Å². The van der Waals surface area contributed by atoms with E-state index in [0.717, 1.165) is 21.6 Å². The van der Waals surface area contributed by atoms with Gasteiger partial charge in [-0.15, -0.1) is 11.3 Å². The number of aliphatic imine (C=N–C) groups is 1. The summed E-state index contributed by atoms with van der Waals surface area (Å²) >= 11 is 1.50. The lowest BCUT2D eigenvalue weighted by Gasteiger charge is -2.40. The summed E-state index contributed by atoms with van der Waals surface area (Å²) in [6.07, 6.45) is 2.45. The minimum Gasteiger partial charge on any atom is -0.369 e. The molecule has 1 amide bonds. The van der Waals surface area contributed by atoms with Crippen LogP contribution in [0.2, 0.25) is 0 Å². The van der Waals surface area contributed by atoms with E-state index >= 15 is 0 Å². The molecule has 0 saturated heterocycles. The molecule has 2 N–H and O–H groups in total. The molecule has 0 spiro atoms. The molecule has 2 atom stereocenters. The van der Waals surface area contributed by atoms with Gasteiger partial charge >= 0.3 is 0 Å². The highest BCUT2D eigenvalue weighted by atomic mass is 32.1. The SMILES string of the molecule is CN1C(=O)[C@H](c2ccc(C3CC3)cc2)[C@@](C)(c2cc(-c3cc(C#N)cc(C#N)c3)cs2)N=C1N. The molecule has 6 nitrogen and oxygen atoms in total. The molecule has 1 saturated carbocycles. The van der Waals surface area contributed by atoms with Crippen LogP contribution in [0.1, 0.15) is 58.7 Å². The van der Waals surface area contributed by atoms with Crippen molar-refractivity contribution in [3.8, 4) is 23.3 Å². The second-order valence-electron chi connectivity index (χ2n) is 9.11. The number of hydrogen-bond donors (Lipinski definition) is 1. The van der Waals surface area contributed by atoms with Gasteiger partial charge in [0.1, 0.15) is 5.54 Å². The highest BCUT2D eigenvalue weighted by molar-refractivity contribution is 7.10. The summed E-state index contributed by atoms with van der Waals surface area (Å²) < 4.78 is 0. The molecule has 34 heavy (non-hydrogen) atoms. The van der Waals surface area contributed by atoms with E-state index in [1.165, 1.54) is 34.6 Å². The number of amides is 1. The molecule has 0 unspecified atom stereocenters. The van der Waals surface area contributed by atoms with Crippen molar-refractivity contribution in [1.29, 1.82) is 10.5 Å². The summed E-state index contributed by atoms with van der Waals surface area (Å²) in [4.78, 5) is 20.6. The van der Waals surface area contributed by atoms with Crippen LogP contribution in [-0.4, -0.2) is 23.8 Å². The van der Waals surface area contributed by atoms with Gasteiger partial charge < -0.3 is 5.73 Å². The first-order valence-corrected chi connectivity index (χ1v) is 12.0. The van der Waals surface area contributed by atoms with Gasteiger partial charge in [0.05, 0.1) is 29.2 Å². The number of guanidine groups is 1. The number of nitrogens with zero attached hydrogens (tertiary/aromatic N) is 4. The van der Waals surface area contributed by atoms with Gasteiger partial charge in [-0.05, 0) is 77.6 Å². The van der Waals surface area contributed by atoms with Crippen molar-refractivity contribution >= 4 is 23.2 Å². The first kappa shape index (κ1) is 21.9. The fraction of sp³-hybridized carbons (Fsp3) is 0.259. The Balaban J connectivity index is 1.59. The van der Waals surface area contributed by atoms with Crippen LogP contribution in [0.25, 0.3) is 11.1 Å². The smallest absolute Gasteiger partial charge is 0.239 e. The van der Waals surface area contributed by atoms with E-state index in [1.807, 2.05) is 30.5 Å². The molecule has 2 aliphatic rings. The van der Waals surface area contributed by atoms with Gasteiger partial charge in [-0.1, -0.05) is 24.3 Å². The first-order valence-electron chi connectivity index (χ1n) is 11.1. The third-order valence-corrected chi connectivity index (χ3v) is 7.93. The van der Waals surface area contributed by atoms with Crippen LogP contribution in [0, 0.1) is 22.7 Å². The van der Waals surface area contributed by atoms with Crippen molar-refractivity contribution in [2.24, 2.45) is 10.7 Å². The lowest BCUT2D eigenvalue weighted by atomic mass is 9.77. The second-order valence-corrected chi connectivity index (χ2v) is 10.0. The molecular weight excluding hydrogens is 442 g/mol. The normalized spacial score (nSPS) is 22.1. The van der Waals surface area contributed by atoms with E-state index in [9.17, 15) is 15.3 Å². The maximum Gasteiger partial charge on any atom is 0.239 e. The van der Waals surface area contributed by atoms with Crippen LogP contribution >= 0.6 is 11.3 Å². The van der Waals surface area contributed by atoms with Crippen molar-refractivity contribution in [2.75, 3.05) is 7.05 Å². The van der Waals surface area contributed by atoms with Crippen molar-refractivity contribution in [1.82, 2.24) is 4.90 Å². The predicted octanol–water partition coefficient (Wildman–Crippen LogP) is 4.82. The fourth-order valence-electron chi connectivity index (χ4n) is 4.64. The number of carbonyl (C=O) groups is 1. The number of benzene rings is 2. The number of likely N-dealkylation sites (N-methyl/N-ethyl adjacent to an activating group) is 1. The third-order valence-electron chi connectivity index (χ3n) is 6.77. The quantitative estimate of drug-likeness (QED) is 0.596. The molecule has 1 aliphatic carbocycles. The fourth-order valence-corrected chi connectivity index (χ4v) is 5.70. The molecular formula is C27H23N5OS. The summed E-state index contributed by atoms with van der Waals surface area (Å²) in [5.41, 5.74) is 10.0.